The van der Waals surface area contributed by atoms with Crippen LogP contribution in [-0.2, 0) is 6.54 Å². The molecule has 6 nitrogen and oxygen atoms in total. The van der Waals surface area contributed by atoms with Crippen LogP contribution in [0.2, 0.25) is 0 Å². The molecule has 1 aromatic heterocycles. The number of amides is 2. The molecule has 2 amide bonds. The molecular weight excluding hydrogens is 268 g/mol. The van der Waals surface area contributed by atoms with Crippen molar-refractivity contribution in [2.45, 2.75) is 25.8 Å². The Hall–Kier alpha value is -1.95. The largest absolute Gasteiger partial charge is 0.351 e. The predicted molar refractivity (Wildman–Crippen MR) is 78.0 cm³/mol. The van der Waals surface area contributed by atoms with Gasteiger partial charge in [0, 0.05) is 30.4 Å². The van der Waals surface area contributed by atoms with Crippen LogP contribution in [0, 0.1) is 0 Å². The molecule has 0 radical (unpaired) electrons. The van der Waals surface area contributed by atoms with Gasteiger partial charge in [-0.2, -0.15) is 0 Å². The van der Waals surface area contributed by atoms with Gasteiger partial charge in [-0.15, -0.1) is 0 Å². The molecule has 0 aromatic carbocycles. The van der Waals surface area contributed by atoms with Crippen molar-refractivity contribution in [3.05, 3.63) is 29.1 Å². The number of hydrogen-bond acceptors (Lipinski definition) is 4. The number of carbonyl (C=O) groups is 2. The maximum Gasteiger partial charge on any atom is 0.270 e. The standard InChI is InChI=1S/C15H20N4O2/c20-14-11-4-6-16-13(12(11)10-18-14)15(21)17-5-3-9-19-7-1-2-8-19/h4,6H,1-3,5,7-10H2,(H,17,21)(H,18,20). The second-order valence-electron chi connectivity index (χ2n) is 5.53. The van der Waals surface area contributed by atoms with E-state index in [2.05, 4.69) is 20.5 Å². The minimum absolute atomic E-state index is 0.129. The first kappa shape index (κ1) is 14.0. The number of rotatable bonds is 5. The molecule has 2 aliphatic heterocycles. The average Bonchev–Trinajstić information content (AvgIpc) is 3.13. The second kappa shape index (κ2) is 6.22. The van der Waals surface area contributed by atoms with Crippen molar-refractivity contribution in [1.29, 1.82) is 0 Å². The van der Waals surface area contributed by atoms with Gasteiger partial charge in [0.15, 0.2) is 0 Å². The molecule has 1 fully saturated rings. The maximum absolute atomic E-state index is 12.2. The first-order chi connectivity index (χ1) is 10.3. The normalized spacial score (nSPS) is 17.6. The van der Waals surface area contributed by atoms with Crippen LogP contribution in [0.15, 0.2) is 12.3 Å². The lowest BCUT2D eigenvalue weighted by Crippen LogP contribution is -2.29. The van der Waals surface area contributed by atoms with Crippen LogP contribution in [0.1, 0.15) is 45.7 Å². The van der Waals surface area contributed by atoms with Gasteiger partial charge in [0.2, 0.25) is 0 Å². The third kappa shape index (κ3) is 3.05. The van der Waals surface area contributed by atoms with E-state index in [0.29, 0.717) is 29.9 Å². The molecule has 0 aliphatic carbocycles. The van der Waals surface area contributed by atoms with Crippen molar-refractivity contribution >= 4 is 11.8 Å². The summed E-state index contributed by atoms with van der Waals surface area (Å²) >= 11 is 0. The Balaban J connectivity index is 1.53. The number of fused-ring (bicyclic) bond motifs is 1. The smallest absolute Gasteiger partial charge is 0.270 e. The molecule has 1 saturated heterocycles. The Bertz CT molecular complexity index is 553. The van der Waals surface area contributed by atoms with E-state index in [1.54, 1.807) is 6.07 Å². The minimum atomic E-state index is -0.190. The van der Waals surface area contributed by atoms with E-state index < -0.39 is 0 Å². The van der Waals surface area contributed by atoms with Gasteiger partial charge in [-0.3, -0.25) is 14.6 Å². The van der Waals surface area contributed by atoms with Crippen molar-refractivity contribution < 1.29 is 9.59 Å². The van der Waals surface area contributed by atoms with Crippen molar-refractivity contribution in [2.75, 3.05) is 26.2 Å². The molecular formula is C15H20N4O2. The maximum atomic E-state index is 12.2. The summed E-state index contributed by atoms with van der Waals surface area (Å²) in [6.07, 6.45) is 5.03. The van der Waals surface area contributed by atoms with E-state index >= 15 is 0 Å². The second-order valence-corrected chi connectivity index (χ2v) is 5.53. The van der Waals surface area contributed by atoms with Crippen LogP contribution in [0.4, 0.5) is 0 Å². The zero-order valence-electron chi connectivity index (χ0n) is 12.0. The fourth-order valence-corrected chi connectivity index (χ4v) is 2.94. The average molecular weight is 288 g/mol. The predicted octanol–water partition coefficient (Wildman–Crippen LogP) is 0.541. The molecule has 2 aliphatic rings. The fourth-order valence-electron chi connectivity index (χ4n) is 2.94. The Morgan fingerprint density at radius 3 is 3.00 bits per heavy atom. The topological polar surface area (TPSA) is 74.3 Å². The zero-order valence-corrected chi connectivity index (χ0v) is 12.0. The molecule has 0 unspecified atom stereocenters. The first-order valence-corrected chi connectivity index (χ1v) is 7.52. The molecule has 3 rings (SSSR count). The first-order valence-electron chi connectivity index (χ1n) is 7.52. The Morgan fingerprint density at radius 1 is 1.38 bits per heavy atom. The lowest BCUT2D eigenvalue weighted by atomic mass is 10.1. The number of nitrogens with one attached hydrogen (secondary N) is 2. The van der Waals surface area contributed by atoms with Crippen molar-refractivity contribution in [3.63, 3.8) is 0 Å². The highest BCUT2D eigenvalue weighted by Gasteiger charge is 2.25. The molecule has 0 atom stereocenters. The summed E-state index contributed by atoms with van der Waals surface area (Å²) in [4.78, 5) is 30.3. The number of aromatic nitrogens is 1. The molecule has 112 valence electrons. The van der Waals surface area contributed by atoms with Gasteiger partial charge in [-0.1, -0.05) is 0 Å². The fraction of sp³-hybridized carbons (Fsp3) is 0.533. The van der Waals surface area contributed by atoms with Gasteiger partial charge in [0.1, 0.15) is 5.69 Å². The molecule has 0 bridgehead atoms. The molecule has 0 saturated carbocycles. The van der Waals surface area contributed by atoms with Crippen LogP contribution in [-0.4, -0.2) is 47.9 Å². The van der Waals surface area contributed by atoms with Crippen LogP contribution in [0.5, 0.6) is 0 Å². The van der Waals surface area contributed by atoms with Gasteiger partial charge in [-0.25, -0.2) is 0 Å². The molecule has 6 heteroatoms. The van der Waals surface area contributed by atoms with Gasteiger partial charge in [0.25, 0.3) is 11.8 Å². The number of pyridine rings is 1. The van der Waals surface area contributed by atoms with Gasteiger partial charge in [-0.05, 0) is 45.0 Å². The highest BCUT2D eigenvalue weighted by molar-refractivity contribution is 6.03. The van der Waals surface area contributed by atoms with Crippen LogP contribution >= 0.6 is 0 Å². The molecule has 2 N–H and O–H groups in total. The summed E-state index contributed by atoms with van der Waals surface area (Å²) < 4.78 is 0. The van der Waals surface area contributed by atoms with E-state index in [4.69, 9.17) is 0 Å². The lowest BCUT2D eigenvalue weighted by Gasteiger charge is -2.14. The quantitative estimate of drug-likeness (QED) is 0.776. The highest BCUT2D eigenvalue weighted by atomic mass is 16.2. The summed E-state index contributed by atoms with van der Waals surface area (Å²) in [5.74, 6) is -0.319. The molecule has 1 aromatic rings. The van der Waals surface area contributed by atoms with E-state index in [1.165, 1.54) is 32.1 Å². The van der Waals surface area contributed by atoms with Crippen LogP contribution in [0.25, 0.3) is 0 Å². The molecule has 21 heavy (non-hydrogen) atoms. The third-order valence-corrected chi connectivity index (χ3v) is 4.08. The van der Waals surface area contributed by atoms with Crippen molar-refractivity contribution in [3.8, 4) is 0 Å². The Morgan fingerprint density at radius 2 is 2.19 bits per heavy atom. The lowest BCUT2D eigenvalue weighted by molar-refractivity contribution is 0.0943. The Kier molecular flexibility index (Phi) is 4.15. The van der Waals surface area contributed by atoms with E-state index in [1.807, 2.05) is 0 Å². The van der Waals surface area contributed by atoms with Crippen LogP contribution in [0.3, 0.4) is 0 Å². The van der Waals surface area contributed by atoms with Crippen LogP contribution < -0.4 is 10.6 Å². The van der Waals surface area contributed by atoms with Gasteiger partial charge >= 0.3 is 0 Å². The van der Waals surface area contributed by atoms with E-state index in [-0.39, 0.29) is 11.8 Å². The zero-order chi connectivity index (χ0) is 14.7. The van der Waals surface area contributed by atoms with E-state index in [9.17, 15) is 9.59 Å². The van der Waals surface area contributed by atoms with E-state index in [0.717, 1.165) is 13.0 Å². The monoisotopic (exact) mass is 288 g/mol. The van der Waals surface area contributed by atoms with Gasteiger partial charge < -0.3 is 15.5 Å². The SMILES string of the molecule is O=C1NCc2c1ccnc2C(=O)NCCCN1CCCC1. The summed E-state index contributed by atoms with van der Waals surface area (Å²) in [6, 6.07) is 1.65. The number of hydrogen-bond donors (Lipinski definition) is 2. The number of carbonyl (C=O) groups excluding carboxylic acids is 2. The summed E-state index contributed by atoms with van der Waals surface area (Å²) in [5.41, 5.74) is 1.64. The van der Waals surface area contributed by atoms with Gasteiger partial charge in [0.05, 0.1) is 0 Å². The summed E-state index contributed by atoms with van der Waals surface area (Å²) in [5, 5.41) is 5.62. The highest BCUT2D eigenvalue weighted by Crippen LogP contribution is 2.17. The Labute approximate surface area is 123 Å². The third-order valence-electron chi connectivity index (χ3n) is 4.08. The minimum Gasteiger partial charge on any atom is -0.351 e. The molecule has 3 heterocycles. The number of nitrogens with zero attached hydrogens (tertiary/aromatic N) is 2. The summed E-state index contributed by atoms with van der Waals surface area (Å²) in [7, 11) is 0. The number of likely N-dealkylation sites (tertiary alicyclic amines) is 1. The van der Waals surface area contributed by atoms with Crippen molar-refractivity contribution in [1.82, 2.24) is 20.5 Å². The molecule has 0 spiro atoms. The van der Waals surface area contributed by atoms with Crippen molar-refractivity contribution in [2.24, 2.45) is 0 Å². The summed E-state index contributed by atoms with van der Waals surface area (Å²) in [6.45, 7) is 4.41.